The second kappa shape index (κ2) is 8.75. The molecule has 1 N–H and O–H groups in total. The first-order chi connectivity index (χ1) is 13.9. The molecule has 0 saturated heterocycles. The summed E-state index contributed by atoms with van der Waals surface area (Å²) in [6, 6.07) is 22.6. The highest BCUT2D eigenvalue weighted by atomic mass is 32.2. The fourth-order valence-corrected chi connectivity index (χ4v) is 3.79. The lowest BCUT2D eigenvalue weighted by molar-refractivity contribution is -0.133. The van der Waals surface area contributed by atoms with Crippen molar-refractivity contribution in [3.8, 4) is 0 Å². The van der Waals surface area contributed by atoms with Crippen molar-refractivity contribution in [2.75, 3.05) is 11.8 Å². The third kappa shape index (κ3) is 5.12. The fraction of sp³-hybridized carbons (Fsp3) is 0.0870. The lowest BCUT2D eigenvalue weighted by atomic mass is 10.0. The second-order valence-corrected chi connectivity index (χ2v) is 8.14. The summed E-state index contributed by atoms with van der Waals surface area (Å²) in [7, 11) is -2.33. The molecular formula is C23H21NO4S. The maximum Gasteiger partial charge on any atom is 0.338 e. The Kier molecular flexibility index (Phi) is 6.14. The summed E-state index contributed by atoms with van der Waals surface area (Å²) in [5.74, 6) is -0.444. The number of esters is 1. The SMILES string of the molecule is COC(=O)C(=Cc1ccc(NS(=O)(=O)c2ccc(C)cc2)cc1)c1ccccc1. The number of ether oxygens (including phenoxy) is 1. The monoisotopic (exact) mass is 407 g/mol. The van der Waals surface area contributed by atoms with Gasteiger partial charge in [-0.15, -0.1) is 0 Å². The molecule has 0 bridgehead atoms. The molecule has 0 spiro atoms. The summed E-state index contributed by atoms with van der Waals surface area (Å²) in [6.45, 7) is 1.90. The van der Waals surface area contributed by atoms with E-state index in [4.69, 9.17) is 4.74 Å². The molecule has 29 heavy (non-hydrogen) atoms. The Morgan fingerprint density at radius 2 is 1.52 bits per heavy atom. The number of carbonyl (C=O) groups is 1. The molecule has 0 aliphatic rings. The zero-order valence-electron chi connectivity index (χ0n) is 16.1. The topological polar surface area (TPSA) is 72.5 Å². The van der Waals surface area contributed by atoms with E-state index < -0.39 is 16.0 Å². The van der Waals surface area contributed by atoms with Crippen LogP contribution in [0.15, 0.2) is 83.8 Å². The van der Waals surface area contributed by atoms with Crippen molar-refractivity contribution in [2.24, 2.45) is 0 Å². The Labute approximate surface area is 170 Å². The van der Waals surface area contributed by atoms with Crippen molar-refractivity contribution in [1.82, 2.24) is 0 Å². The first-order valence-electron chi connectivity index (χ1n) is 8.94. The average molecular weight is 407 g/mol. The van der Waals surface area contributed by atoms with Gasteiger partial charge in [0.2, 0.25) is 0 Å². The predicted octanol–water partition coefficient (Wildman–Crippen LogP) is 4.51. The van der Waals surface area contributed by atoms with E-state index in [0.29, 0.717) is 11.3 Å². The summed E-state index contributed by atoms with van der Waals surface area (Å²) < 4.78 is 32.5. The van der Waals surface area contributed by atoms with Crippen LogP contribution >= 0.6 is 0 Å². The van der Waals surface area contributed by atoms with E-state index in [2.05, 4.69) is 4.72 Å². The number of nitrogens with one attached hydrogen (secondary N) is 1. The number of sulfonamides is 1. The average Bonchev–Trinajstić information content (AvgIpc) is 2.73. The first-order valence-corrected chi connectivity index (χ1v) is 10.4. The van der Waals surface area contributed by atoms with Crippen LogP contribution in [0, 0.1) is 6.92 Å². The molecule has 6 heteroatoms. The minimum Gasteiger partial charge on any atom is -0.465 e. The van der Waals surface area contributed by atoms with E-state index in [9.17, 15) is 13.2 Å². The van der Waals surface area contributed by atoms with E-state index in [1.54, 1.807) is 54.6 Å². The number of benzene rings is 3. The molecule has 0 aliphatic carbocycles. The van der Waals surface area contributed by atoms with Crippen molar-refractivity contribution in [2.45, 2.75) is 11.8 Å². The van der Waals surface area contributed by atoms with Gasteiger partial charge in [0.15, 0.2) is 0 Å². The Morgan fingerprint density at radius 1 is 0.897 bits per heavy atom. The van der Waals surface area contributed by atoms with Gasteiger partial charge < -0.3 is 4.74 Å². The number of rotatable bonds is 6. The van der Waals surface area contributed by atoms with Crippen LogP contribution in [0.3, 0.4) is 0 Å². The van der Waals surface area contributed by atoms with Crippen LogP contribution in [-0.4, -0.2) is 21.5 Å². The molecule has 0 aromatic heterocycles. The van der Waals surface area contributed by atoms with Crippen molar-refractivity contribution >= 4 is 33.3 Å². The molecule has 0 aliphatic heterocycles. The lowest BCUT2D eigenvalue weighted by Gasteiger charge is -2.09. The highest BCUT2D eigenvalue weighted by molar-refractivity contribution is 7.92. The smallest absolute Gasteiger partial charge is 0.338 e. The van der Waals surface area contributed by atoms with Gasteiger partial charge in [0.25, 0.3) is 10.0 Å². The van der Waals surface area contributed by atoms with Crippen LogP contribution in [0.25, 0.3) is 11.6 Å². The van der Waals surface area contributed by atoms with Gasteiger partial charge in [0.1, 0.15) is 0 Å². The summed E-state index contributed by atoms with van der Waals surface area (Å²) in [6.07, 6.45) is 1.71. The molecule has 148 valence electrons. The molecule has 3 aromatic carbocycles. The van der Waals surface area contributed by atoms with E-state index in [1.807, 2.05) is 37.3 Å². The third-order valence-corrected chi connectivity index (χ3v) is 5.69. The van der Waals surface area contributed by atoms with Crippen molar-refractivity contribution in [3.63, 3.8) is 0 Å². The molecule has 0 fully saturated rings. The predicted molar refractivity (Wildman–Crippen MR) is 115 cm³/mol. The number of aryl methyl sites for hydroxylation is 1. The third-order valence-electron chi connectivity index (χ3n) is 4.30. The summed E-state index contributed by atoms with van der Waals surface area (Å²) in [5, 5.41) is 0. The van der Waals surface area contributed by atoms with Gasteiger partial charge in [-0.3, -0.25) is 4.72 Å². The number of hydrogen-bond donors (Lipinski definition) is 1. The molecular weight excluding hydrogens is 386 g/mol. The summed E-state index contributed by atoms with van der Waals surface area (Å²) in [4.78, 5) is 12.4. The van der Waals surface area contributed by atoms with E-state index in [0.717, 1.165) is 16.7 Å². The highest BCUT2D eigenvalue weighted by Gasteiger charge is 2.14. The maximum atomic E-state index is 12.5. The van der Waals surface area contributed by atoms with Gasteiger partial charge in [-0.05, 0) is 48.4 Å². The largest absolute Gasteiger partial charge is 0.465 e. The minimum atomic E-state index is -3.67. The molecule has 3 rings (SSSR count). The number of hydrogen-bond acceptors (Lipinski definition) is 4. The number of anilines is 1. The van der Waals surface area contributed by atoms with Crippen LogP contribution in [0.5, 0.6) is 0 Å². The van der Waals surface area contributed by atoms with Crippen LogP contribution in [0.2, 0.25) is 0 Å². The Hall–Kier alpha value is -3.38. The number of methoxy groups -OCH3 is 1. The Balaban J connectivity index is 1.84. The van der Waals surface area contributed by atoms with Crippen LogP contribution < -0.4 is 4.72 Å². The van der Waals surface area contributed by atoms with Crippen molar-refractivity contribution < 1.29 is 17.9 Å². The zero-order chi connectivity index (χ0) is 20.9. The van der Waals surface area contributed by atoms with Gasteiger partial charge >= 0.3 is 5.97 Å². The van der Waals surface area contributed by atoms with Gasteiger partial charge in [-0.25, -0.2) is 13.2 Å². The molecule has 0 saturated carbocycles. The van der Waals surface area contributed by atoms with E-state index >= 15 is 0 Å². The minimum absolute atomic E-state index is 0.198. The molecule has 0 unspecified atom stereocenters. The van der Waals surface area contributed by atoms with E-state index in [1.165, 1.54) is 7.11 Å². The molecule has 0 amide bonds. The summed E-state index contributed by atoms with van der Waals surface area (Å²) >= 11 is 0. The van der Waals surface area contributed by atoms with Crippen LogP contribution in [0.1, 0.15) is 16.7 Å². The van der Waals surface area contributed by atoms with Crippen LogP contribution in [-0.2, 0) is 19.6 Å². The molecule has 5 nitrogen and oxygen atoms in total. The molecule has 3 aromatic rings. The van der Waals surface area contributed by atoms with Gasteiger partial charge in [0, 0.05) is 5.69 Å². The van der Waals surface area contributed by atoms with E-state index in [-0.39, 0.29) is 4.90 Å². The summed E-state index contributed by atoms with van der Waals surface area (Å²) in [5.41, 5.74) is 3.32. The zero-order valence-corrected chi connectivity index (χ0v) is 16.9. The number of carbonyl (C=O) groups excluding carboxylic acids is 1. The second-order valence-electron chi connectivity index (χ2n) is 6.46. The fourth-order valence-electron chi connectivity index (χ4n) is 2.73. The van der Waals surface area contributed by atoms with Gasteiger partial charge in [-0.2, -0.15) is 0 Å². The normalized spacial score (nSPS) is 11.7. The molecule has 0 radical (unpaired) electrons. The van der Waals surface area contributed by atoms with Gasteiger partial charge in [0.05, 0.1) is 17.6 Å². The quantitative estimate of drug-likeness (QED) is 0.371. The van der Waals surface area contributed by atoms with Crippen molar-refractivity contribution in [3.05, 3.63) is 95.6 Å². The standard InChI is InChI=1S/C23H21NO4S/c1-17-8-14-21(15-9-17)29(26,27)24-20-12-10-18(11-13-20)16-22(23(25)28-2)19-6-4-3-5-7-19/h3-16,24H,1-2H3. The van der Waals surface area contributed by atoms with Crippen molar-refractivity contribution in [1.29, 1.82) is 0 Å². The molecule has 0 atom stereocenters. The molecule has 0 heterocycles. The highest BCUT2D eigenvalue weighted by Crippen LogP contribution is 2.22. The maximum absolute atomic E-state index is 12.5. The lowest BCUT2D eigenvalue weighted by Crippen LogP contribution is -2.12. The Morgan fingerprint density at radius 3 is 2.10 bits per heavy atom. The van der Waals surface area contributed by atoms with Gasteiger partial charge in [-0.1, -0.05) is 60.2 Å². The first kappa shape index (κ1) is 20.4. The Bertz CT molecular complexity index is 1120. The van der Waals surface area contributed by atoms with Crippen LogP contribution in [0.4, 0.5) is 5.69 Å².